The van der Waals surface area contributed by atoms with Gasteiger partial charge in [-0.15, -0.1) is 0 Å². The monoisotopic (exact) mass is 554 g/mol. The van der Waals surface area contributed by atoms with Crippen molar-refractivity contribution in [1.82, 2.24) is 0 Å². The molecular weight excluding hydrogens is 511 g/mol. The van der Waals surface area contributed by atoms with Crippen LogP contribution in [-0.2, 0) is 9.59 Å². The van der Waals surface area contributed by atoms with E-state index >= 15 is 4.39 Å². The highest BCUT2D eigenvalue weighted by Gasteiger charge is 2.75. The molecule has 6 nitrogen and oxygen atoms in total. The number of allylic oxidation sites excluding steroid dienone is 4. The minimum atomic E-state index is -1.96. The molecule has 0 unspecified atom stereocenters. The lowest BCUT2D eigenvalue weighted by molar-refractivity contribution is -0.218. The van der Waals surface area contributed by atoms with E-state index in [0.717, 1.165) is 29.9 Å². The summed E-state index contributed by atoms with van der Waals surface area (Å²) in [5.41, 5.74) is -4.85. The number of hydrogen-bond acceptors (Lipinski definition) is 6. The number of halogens is 1. The van der Waals surface area contributed by atoms with E-state index in [0.29, 0.717) is 32.3 Å². The highest BCUT2D eigenvalue weighted by atomic mass is 19.1. The Morgan fingerprint density at radius 3 is 2.50 bits per heavy atom. The molecule has 218 valence electrons. The van der Waals surface area contributed by atoms with E-state index < -0.39 is 34.1 Å². The highest BCUT2D eigenvalue weighted by Crippen LogP contribution is 2.70. The molecule has 0 amide bonds. The molecule has 7 heteroatoms. The Labute approximate surface area is 236 Å². The molecule has 3 fully saturated rings. The van der Waals surface area contributed by atoms with Crippen molar-refractivity contribution in [3.05, 3.63) is 48.1 Å². The molecule has 5 rings (SSSR count). The Morgan fingerprint density at radius 1 is 1.10 bits per heavy atom. The summed E-state index contributed by atoms with van der Waals surface area (Å²) in [6, 6.07) is 7.40. The van der Waals surface area contributed by atoms with Crippen molar-refractivity contribution in [2.75, 3.05) is 13.7 Å². The molecule has 3 saturated carbocycles. The van der Waals surface area contributed by atoms with Gasteiger partial charge in [-0.05, 0) is 100 Å². The minimum Gasteiger partial charge on any atom is -0.497 e. The maximum absolute atomic E-state index is 17.3. The summed E-state index contributed by atoms with van der Waals surface area (Å²) >= 11 is 0. The van der Waals surface area contributed by atoms with Gasteiger partial charge in [0, 0.05) is 23.2 Å². The van der Waals surface area contributed by atoms with Crippen LogP contribution in [0.25, 0.3) is 0 Å². The number of aliphatic hydroxyl groups is 2. The van der Waals surface area contributed by atoms with Crippen molar-refractivity contribution in [1.29, 1.82) is 0 Å². The average Bonchev–Trinajstić information content (AvgIpc) is 3.13. The zero-order valence-electron chi connectivity index (χ0n) is 24.1. The third-order valence-electron chi connectivity index (χ3n) is 11.0. The van der Waals surface area contributed by atoms with E-state index in [2.05, 4.69) is 0 Å². The lowest BCUT2D eigenvalue weighted by Crippen LogP contribution is -2.69. The smallest absolute Gasteiger partial charge is 0.178 e. The number of unbranched alkanes of at least 4 members (excludes halogenated alkanes) is 2. The molecule has 2 N–H and O–H groups in total. The summed E-state index contributed by atoms with van der Waals surface area (Å²) in [7, 11) is 1.62. The fraction of sp³-hybridized carbons (Fsp3) is 0.636. The molecule has 0 aliphatic heterocycles. The molecule has 4 aliphatic rings. The first-order valence-electron chi connectivity index (χ1n) is 14.8. The molecule has 0 radical (unpaired) electrons. The van der Waals surface area contributed by atoms with Crippen LogP contribution in [0.15, 0.2) is 48.1 Å². The number of fused-ring (bicyclic) bond motifs is 5. The number of hydrogen-bond donors (Lipinski definition) is 2. The van der Waals surface area contributed by atoms with Gasteiger partial charge in [0.15, 0.2) is 17.2 Å². The van der Waals surface area contributed by atoms with Crippen molar-refractivity contribution in [3.63, 3.8) is 0 Å². The number of ketones is 2. The quantitative estimate of drug-likeness (QED) is 0.389. The van der Waals surface area contributed by atoms with Crippen molar-refractivity contribution >= 4 is 11.6 Å². The standard InChI is InChI=1S/C33H43FO6/c1-21-18-27-26-14-9-22-19-23(35)15-16-30(22,2)32(26,34)29(37)20-31(27,3)33(21,38)28(36)8-6-5-7-17-40-25-12-10-24(39-4)11-13-25/h10-13,15-16,19,21,26-27,29,37-38H,5-9,14,17-18,20H2,1-4H3/t21-,26+,27+,29+,30+,31+,32+,33+/m1/s1. The predicted molar refractivity (Wildman–Crippen MR) is 150 cm³/mol. The molecule has 0 bridgehead atoms. The second-order valence-electron chi connectivity index (χ2n) is 12.9. The van der Waals surface area contributed by atoms with Crippen LogP contribution in [0, 0.1) is 28.6 Å². The van der Waals surface area contributed by atoms with Gasteiger partial charge in [-0.3, -0.25) is 9.59 Å². The summed E-state index contributed by atoms with van der Waals surface area (Å²) in [6.45, 7) is 6.10. The van der Waals surface area contributed by atoms with Crippen LogP contribution in [0.2, 0.25) is 0 Å². The molecule has 0 heterocycles. The van der Waals surface area contributed by atoms with Crippen LogP contribution in [-0.4, -0.2) is 52.9 Å². The number of Topliss-reactive ketones (excluding diaryl/α,β-unsaturated/α-hetero) is 1. The second-order valence-corrected chi connectivity index (χ2v) is 12.9. The molecule has 4 aliphatic carbocycles. The number of aliphatic hydroxyl groups excluding tert-OH is 1. The van der Waals surface area contributed by atoms with Gasteiger partial charge < -0.3 is 19.7 Å². The van der Waals surface area contributed by atoms with Crippen LogP contribution >= 0.6 is 0 Å². The zero-order valence-corrected chi connectivity index (χ0v) is 24.1. The van der Waals surface area contributed by atoms with Crippen molar-refractivity contribution < 1.29 is 33.7 Å². The third kappa shape index (κ3) is 4.18. The summed E-state index contributed by atoms with van der Waals surface area (Å²) in [6.07, 6.45) is 7.25. The topological polar surface area (TPSA) is 93.1 Å². The summed E-state index contributed by atoms with van der Waals surface area (Å²) in [4.78, 5) is 25.7. The minimum absolute atomic E-state index is 0.0115. The molecule has 0 spiro atoms. The number of methoxy groups -OCH3 is 1. The summed E-state index contributed by atoms with van der Waals surface area (Å²) < 4.78 is 28.2. The number of ether oxygens (including phenoxy) is 2. The Morgan fingerprint density at radius 2 is 1.80 bits per heavy atom. The van der Waals surface area contributed by atoms with Crippen LogP contribution < -0.4 is 9.47 Å². The van der Waals surface area contributed by atoms with E-state index in [1.165, 1.54) is 12.2 Å². The van der Waals surface area contributed by atoms with Crippen LogP contribution in [0.4, 0.5) is 4.39 Å². The number of carbonyl (C=O) groups excluding carboxylic acids is 2. The SMILES string of the molecule is COc1ccc(OCCCCCC(=O)[C@@]2(O)[C@H](C)C[C@H]3[C@@H]4CCC5=CC(=O)C=C[C@]5(C)[C@@]4(F)[C@@H](O)C[C@@]32C)cc1. The summed E-state index contributed by atoms with van der Waals surface area (Å²) in [5.74, 6) is 0.0881. The number of carbonyl (C=O) groups is 2. The number of rotatable bonds is 9. The van der Waals surface area contributed by atoms with Crippen LogP contribution in [0.1, 0.15) is 72.1 Å². The molecule has 1 aromatic rings. The fourth-order valence-electron chi connectivity index (χ4n) is 8.76. The normalized spacial score (nSPS) is 40.1. The van der Waals surface area contributed by atoms with Crippen LogP contribution in [0.5, 0.6) is 11.5 Å². The Hall–Kier alpha value is -2.51. The van der Waals surface area contributed by atoms with Gasteiger partial charge in [0.05, 0.1) is 19.8 Å². The van der Waals surface area contributed by atoms with E-state index in [1.807, 2.05) is 38.1 Å². The van der Waals surface area contributed by atoms with Crippen molar-refractivity contribution in [2.45, 2.75) is 89.5 Å². The third-order valence-corrected chi connectivity index (χ3v) is 11.0. The molecular formula is C33H43FO6. The van der Waals surface area contributed by atoms with Crippen LogP contribution in [0.3, 0.4) is 0 Å². The Balaban J connectivity index is 1.24. The average molecular weight is 555 g/mol. The first-order valence-corrected chi connectivity index (χ1v) is 14.8. The molecule has 0 saturated heterocycles. The Kier molecular flexibility index (Phi) is 7.54. The second kappa shape index (κ2) is 10.4. The van der Waals surface area contributed by atoms with Gasteiger partial charge in [0.25, 0.3) is 0 Å². The van der Waals surface area contributed by atoms with Crippen molar-refractivity contribution in [3.8, 4) is 11.5 Å². The fourth-order valence-corrected chi connectivity index (χ4v) is 8.76. The first kappa shape index (κ1) is 29.0. The van der Waals surface area contributed by atoms with E-state index in [1.54, 1.807) is 20.1 Å². The van der Waals surface area contributed by atoms with Gasteiger partial charge in [-0.25, -0.2) is 4.39 Å². The number of benzene rings is 1. The van der Waals surface area contributed by atoms with Gasteiger partial charge in [-0.1, -0.05) is 25.5 Å². The molecule has 40 heavy (non-hydrogen) atoms. The molecule has 8 atom stereocenters. The zero-order chi connectivity index (χ0) is 28.9. The van der Waals surface area contributed by atoms with E-state index in [9.17, 15) is 19.8 Å². The van der Waals surface area contributed by atoms with Gasteiger partial charge in [-0.2, -0.15) is 0 Å². The summed E-state index contributed by atoms with van der Waals surface area (Å²) in [5, 5.41) is 23.6. The van der Waals surface area contributed by atoms with E-state index in [-0.39, 0.29) is 36.2 Å². The lowest BCUT2D eigenvalue weighted by atomic mass is 9.44. The molecule has 0 aromatic heterocycles. The van der Waals surface area contributed by atoms with Gasteiger partial charge >= 0.3 is 0 Å². The maximum atomic E-state index is 17.3. The molecule has 1 aromatic carbocycles. The lowest BCUT2D eigenvalue weighted by Gasteiger charge is -2.62. The van der Waals surface area contributed by atoms with Gasteiger partial charge in [0.1, 0.15) is 17.1 Å². The van der Waals surface area contributed by atoms with Gasteiger partial charge in [0.2, 0.25) is 0 Å². The Bertz CT molecular complexity index is 1210. The van der Waals surface area contributed by atoms with Crippen molar-refractivity contribution in [2.24, 2.45) is 28.6 Å². The largest absolute Gasteiger partial charge is 0.497 e. The first-order chi connectivity index (χ1) is 18.9. The predicted octanol–water partition coefficient (Wildman–Crippen LogP) is 5.55. The maximum Gasteiger partial charge on any atom is 0.178 e. The number of alkyl halides is 1. The van der Waals surface area contributed by atoms with E-state index in [4.69, 9.17) is 9.47 Å². The highest BCUT2D eigenvalue weighted by molar-refractivity contribution is 6.01.